The summed E-state index contributed by atoms with van der Waals surface area (Å²) < 4.78 is 6.08. The molecule has 0 atom stereocenters. The maximum Gasteiger partial charge on any atom is 0.193 e. The number of hydrogen-bond acceptors (Lipinski definition) is 4. The van der Waals surface area contributed by atoms with Gasteiger partial charge in [0, 0.05) is 11.1 Å². The number of rotatable bonds is 11. The van der Waals surface area contributed by atoms with E-state index in [2.05, 4.69) is 37.5 Å². The summed E-state index contributed by atoms with van der Waals surface area (Å²) in [6, 6.07) is 16.8. The first kappa shape index (κ1) is 21.1. The molecule has 146 valence electrons. The minimum absolute atomic E-state index is 0.0336. The molecule has 0 fully saturated rings. The average molecular weight is 369 g/mol. The predicted molar refractivity (Wildman–Crippen MR) is 111 cm³/mol. The van der Waals surface area contributed by atoms with E-state index < -0.39 is 0 Å². The summed E-state index contributed by atoms with van der Waals surface area (Å²) in [6.45, 7) is 13.3. The fraction of sp³-hybridized carbons (Fsp3) is 0.435. The monoisotopic (exact) mass is 368 g/mol. The fourth-order valence-electron chi connectivity index (χ4n) is 3.36. The van der Waals surface area contributed by atoms with Crippen LogP contribution in [0.25, 0.3) is 0 Å². The highest BCUT2D eigenvalue weighted by atomic mass is 16.5. The first-order valence-electron chi connectivity index (χ1n) is 9.95. The normalized spacial score (nSPS) is 11.4. The zero-order chi connectivity index (χ0) is 19.6. The Balaban J connectivity index is 2.05. The van der Waals surface area contributed by atoms with Crippen molar-refractivity contribution in [1.29, 1.82) is 0 Å². The Morgan fingerprint density at radius 3 is 1.74 bits per heavy atom. The van der Waals surface area contributed by atoms with Crippen molar-refractivity contribution in [1.82, 2.24) is 9.80 Å². The van der Waals surface area contributed by atoms with Gasteiger partial charge in [0.1, 0.15) is 12.4 Å². The van der Waals surface area contributed by atoms with Crippen LogP contribution >= 0.6 is 0 Å². The van der Waals surface area contributed by atoms with Crippen LogP contribution in [0.4, 0.5) is 0 Å². The summed E-state index contributed by atoms with van der Waals surface area (Å²) in [4.78, 5) is 17.3. The van der Waals surface area contributed by atoms with E-state index in [-0.39, 0.29) is 11.9 Å². The maximum atomic E-state index is 12.5. The first-order valence-corrected chi connectivity index (χ1v) is 9.95. The van der Waals surface area contributed by atoms with E-state index in [4.69, 9.17) is 4.74 Å². The summed E-state index contributed by atoms with van der Waals surface area (Å²) in [6.07, 6.45) is 0.251. The van der Waals surface area contributed by atoms with Crippen LogP contribution in [0.5, 0.6) is 5.75 Å². The average Bonchev–Trinajstić information content (AvgIpc) is 2.73. The van der Waals surface area contributed by atoms with Crippen molar-refractivity contribution >= 4 is 5.78 Å². The number of carbonyl (C=O) groups excluding carboxylic acids is 1. The highest BCUT2D eigenvalue weighted by molar-refractivity contribution is 6.08. The SMILES string of the molecule is CCN(CC)C(COc1ccc(C(=O)c2ccccc2)cc1)N(CC)CC. The molecular weight excluding hydrogens is 336 g/mol. The lowest BCUT2D eigenvalue weighted by Gasteiger charge is -2.37. The van der Waals surface area contributed by atoms with Crippen LogP contribution in [0.15, 0.2) is 54.6 Å². The first-order chi connectivity index (χ1) is 13.1. The van der Waals surface area contributed by atoms with E-state index >= 15 is 0 Å². The van der Waals surface area contributed by atoms with Crippen molar-refractivity contribution in [2.75, 3.05) is 32.8 Å². The third-order valence-corrected chi connectivity index (χ3v) is 5.02. The van der Waals surface area contributed by atoms with Gasteiger partial charge in [-0.25, -0.2) is 0 Å². The third-order valence-electron chi connectivity index (χ3n) is 5.02. The van der Waals surface area contributed by atoms with Crippen LogP contribution < -0.4 is 4.74 Å². The number of nitrogens with zero attached hydrogens (tertiary/aromatic N) is 2. The van der Waals surface area contributed by atoms with Gasteiger partial charge in [0.15, 0.2) is 5.78 Å². The summed E-state index contributed by atoms with van der Waals surface area (Å²) in [5.41, 5.74) is 1.38. The lowest BCUT2D eigenvalue weighted by Crippen LogP contribution is -2.51. The zero-order valence-corrected chi connectivity index (χ0v) is 17.0. The van der Waals surface area contributed by atoms with Crippen molar-refractivity contribution < 1.29 is 9.53 Å². The van der Waals surface area contributed by atoms with E-state index in [9.17, 15) is 4.79 Å². The van der Waals surface area contributed by atoms with Gasteiger partial charge in [-0.2, -0.15) is 0 Å². The Kier molecular flexibility index (Phi) is 8.49. The van der Waals surface area contributed by atoms with Gasteiger partial charge in [0.05, 0.1) is 6.17 Å². The van der Waals surface area contributed by atoms with Crippen LogP contribution in [0.3, 0.4) is 0 Å². The molecule has 0 spiro atoms. The molecule has 2 rings (SSSR count). The molecule has 4 nitrogen and oxygen atoms in total. The molecular formula is C23H32N2O2. The van der Waals surface area contributed by atoms with Gasteiger partial charge < -0.3 is 4.74 Å². The lowest BCUT2D eigenvalue weighted by atomic mass is 10.0. The molecule has 0 unspecified atom stereocenters. The fourth-order valence-corrected chi connectivity index (χ4v) is 3.36. The van der Waals surface area contributed by atoms with Crippen LogP contribution in [0, 0.1) is 0 Å². The Morgan fingerprint density at radius 2 is 1.26 bits per heavy atom. The molecule has 0 aromatic heterocycles. The molecule has 0 aliphatic heterocycles. The molecule has 2 aromatic carbocycles. The molecule has 0 saturated heterocycles. The minimum Gasteiger partial charge on any atom is -0.491 e. The smallest absolute Gasteiger partial charge is 0.193 e. The molecule has 2 aromatic rings. The molecule has 0 N–H and O–H groups in total. The van der Waals surface area contributed by atoms with Crippen molar-refractivity contribution in [3.05, 3.63) is 65.7 Å². The molecule has 27 heavy (non-hydrogen) atoms. The second kappa shape index (κ2) is 10.9. The zero-order valence-electron chi connectivity index (χ0n) is 17.0. The predicted octanol–water partition coefficient (Wildman–Crippen LogP) is 4.31. The van der Waals surface area contributed by atoms with E-state index in [0.29, 0.717) is 17.7 Å². The van der Waals surface area contributed by atoms with Gasteiger partial charge in [0.25, 0.3) is 0 Å². The quantitative estimate of drug-likeness (QED) is 0.437. The van der Waals surface area contributed by atoms with Crippen LogP contribution in [-0.2, 0) is 0 Å². The van der Waals surface area contributed by atoms with Gasteiger partial charge >= 0.3 is 0 Å². The Bertz CT molecular complexity index is 665. The lowest BCUT2D eigenvalue weighted by molar-refractivity contribution is 0.0205. The molecule has 0 bridgehead atoms. The summed E-state index contributed by atoms with van der Waals surface area (Å²) in [7, 11) is 0. The highest BCUT2D eigenvalue weighted by Gasteiger charge is 2.22. The third kappa shape index (κ3) is 5.65. The van der Waals surface area contributed by atoms with Crippen molar-refractivity contribution in [3.8, 4) is 5.75 Å². The van der Waals surface area contributed by atoms with Gasteiger partial charge in [-0.3, -0.25) is 14.6 Å². The second-order valence-corrected chi connectivity index (χ2v) is 6.45. The topological polar surface area (TPSA) is 32.8 Å². The van der Waals surface area contributed by atoms with E-state index in [1.54, 1.807) is 0 Å². The van der Waals surface area contributed by atoms with Gasteiger partial charge in [-0.15, -0.1) is 0 Å². The van der Waals surface area contributed by atoms with E-state index in [1.165, 1.54) is 0 Å². The number of benzene rings is 2. The van der Waals surface area contributed by atoms with Crippen LogP contribution in [-0.4, -0.2) is 54.5 Å². The maximum absolute atomic E-state index is 12.5. The molecule has 0 radical (unpaired) electrons. The van der Waals surface area contributed by atoms with Crippen LogP contribution in [0.1, 0.15) is 43.6 Å². The number of ether oxygens (including phenoxy) is 1. The van der Waals surface area contributed by atoms with Crippen molar-refractivity contribution in [2.24, 2.45) is 0 Å². The summed E-state index contributed by atoms with van der Waals surface area (Å²) >= 11 is 0. The molecule has 0 amide bonds. The van der Waals surface area contributed by atoms with Crippen molar-refractivity contribution in [3.63, 3.8) is 0 Å². The standard InChI is InChI=1S/C23H32N2O2/c1-5-24(6-2)22(25(7-3)8-4)18-27-21-16-14-20(15-17-21)23(26)19-12-10-9-11-13-19/h9-17,22H,5-8,18H2,1-4H3. The van der Waals surface area contributed by atoms with Crippen molar-refractivity contribution in [2.45, 2.75) is 33.9 Å². The number of likely N-dealkylation sites (N-methyl/N-ethyl adjacent to an activating group) is 2. The van der Waals surface area contributed by atoms with Gasteiger partial charge in [-0.1, -0.05) is 58.0 Å². The number of ketones is 1. The van der Waals surface area contributed by atoms with Crippen LogP contribution in [0.2, 0.25) is 0 Å². The Morgan fingerprint density at radius 1 is 0.778 bits per heavy atom. The minimum atomic E-state index is 0.0336. The second-order valence-electron chi connectivity index (χ2n) is 6.45. The number of hydrogen-bond donors (Lipinski definition) is 0. The van der Waals surface area contributed by atoms with Gasteiger partial charge in [0.2, 0.25) is 0 Å². The largest absolute Gasteiger partial charge is 0.491 e. The molecule has 0 heterocycles. The molecule has 0 aliphatic carbocycles. The molecule has 0 saturated carbocycles. The Hall–Kier alpha value is -2.17. The van der Waals surface area contributed by atoms with E-state index in [0.717, 1.165) is 31.9 Å². The Labute approximate surface area is 163 Å². The number of carbonyl (C=O) groups is 1. The highest BCUT2D eigenvalue weighted by Crippen LogP contribution is 2.17. The van der Waals surface area contributed by atoms with E-state index in [1.807, 2.05) is 54.6 Å². The summed E-state index contributed by atoms with van der Waals surface area (Å²) in [5, 5.41) is 0. The summed E-state index contributed by atoms with van der Waals surface area (Å²) in [5.74, 6) is 0.829. The molecule has 4 heteroatoms. The molecule has 0 aliphatic rings. The van der Waals surface area contributed by atoms with Gasteiger partial charge in [-0.05, 0) is 50.4 Å².